The molecular formula is Al6O7. The zero-order chi connectivity index (χ0) is 9.78. The summed E-state index contributed by atoms with van der Waals surface area (Å²) < 4.78 is 43.4. The molecule has 0 aromatic heterocycles. The van der Waals surface area contributed by atoms with Gasteiger partial charge in [0.2, 0.25) is 0 Å². The van der Waals surface area contributed by atoms with Crippen LogP contribution in [0.1, 0.15) is 0 Å². The number of hydrogen-bond donors (Lipinski definition) is 0. The molecule has 13 heavy (non-hydrogen) atoms. The summed E-state index contributed by atoms with van der Waals surface area (Å²) >= 11 is -4.93. The van der Waals surface area contributed by atoms with Gasteiger partial charge in [-0.2, -0.15) is 0 Å². The van der Waals surface area contributed by atoms with E-state index < -0.39 is 94.5 Å². The van der Waals surface area contributed by atoms with Crippen LogP contribution >= 0.6 is 0 Å². The third-order valence-corrected chi connectivity index (χ3v) is 5.00. The van der Waals surface area contributed by atoms with E-state index in [-0.39, 0.29) is 0 Å². The summed E-state index contributed by atoms with van der Waals surface area (Å²) in [6.07, 6.45) is 0. The van der Waals surface area contributed by atoms with Crippen LogP contribution in [0.25, 0.3) is 0 Å². The third kappa shape index (κ3) is 14.3. The molecule has 0 spiro atoms. The first-order valence-electron chi connectivity index (χ1n) is 2.83. The summed E-state index contributed by atoms with van der Waals surface area (Å²) in [5, 5.41) is 0. The topological polar surface area (TPSA) is 80.3 Å². The summed E-state index contributed by atoms with van der Waals surface area (Å²) in [4.78, 5) is 0. The number of hydrogen-bond acceptors (Lipinski definition) is 7. The first-order chi connectivity index (χ1) is 6.41. The van der Waals surface area contributed by atoms with Gasteiger partial charge in [-0.25, -0.2) is 0 Å². The summed E-state index contributed by atoms with van der Waals surface area (Å²) in [6.45, 7) is 0. The summed E-state index contributed by atoms with van der Waals surface area (Å²) in [5.41, 5.74) is 0. The van der Waals surface area contributed by atoms with Crippen LogP contribution in [-0.2, 0) is 21.8 Å². The second kappa shape index (κ2) is 14.3. The van der Waals surface area contributed by atoms with Crippen molar-refractivity contribution in [2.75, 3.05) is 0 Å². The van der Waals surface area contributed by atoms with E-state index in [1.165, 1.54) is 0 Å². The van der Waals surface area contributed by atoms with E-state index in [2.05, 4.69) is 5.68 Å². The zero-order valence-corrected chi connectivity index (χ0v) is 13.3. The molecule has 4 radical (unpaired) electrons. The molecule has 0 saturated heterocycles. The molecule has 0 atom stereocenters. The monoisotopic (exact) mass is 274 g/mol. The van der Waals surface area contributed by atoms with Crippen LogP contribution in [0, 0.1) is 0 Å². The SMILES string of the molecule is [O]=[Al][O][Al][O][Al][O][Al][O][Al][O][Al]=[O]. The molecule has 0 N–H and O–H groups in total. The molecule has 0 aliphatic heterocycles. The molecular weight excluding hydrogens is 274 g/mol. The van der Waals surface area contributed by atoms with Crippen LogP contribution in [0.5, 0.6) is 0 Å². The summed E-state index contributed by atoms with van der Waals surface area (Å²) in [7, 11) is 0. The van der Waals surface area contributed by atoms with Gasteiger partial charge in [0, 0.05) is 0 Å². The van der Waals surface area contributed by atoms with Crippen LogP contribution in [0.4, 0.5) is 0 Å². The molecule has 7 nitrogen and oxygen atoms in total. The molecule has 0 unspecified atom stereocenters. The van der Waals surface area contributed by atoms with Crippen LogP contribution in [0.15, 0.2) is 0 Å². The molecule has 0 fully saturated rings. The van der Waals surface area contributed by atoms with E-state index in [9.17, 15) is 7.61 Å². The quantitative estimate of drug-likeness (QED) is 0.313. The van der Waals surface area contributed by atoms with Gasteiger partial charge in [0.05, 0.1) is 0 Å². The van der Waals surface area contributed by atoms with Crippen LogP contribution in [0.3, 0.4) is 0 Å². The predicted molar refractivity (Wildman–Crippen MR) is 41.3 cm³/mol. The average Bonchev–Trinajstić information content (AvgIpc) is 2.16. The van der Waals surface area contributed by atoms with Crippen molar-refractivity contribution in [1.29, 1.82) is 0 Å². The van der Waals surface area contributed by atoms with Crippen LogP contribution in [0.2, 0.25) is 0 Å². The van der Waals surface area contributed by atoms with Gasteiger partial charge in [-0.15, -0.1) is 0 Å². The van der Waals surface area contributed by atoms with E-state index in [1.54, 1.807) is 0 Å². The van der Waals surface area contributed by atoms with Gasteiger partial charge in [-0.1, -0.05) is 0 Å². The van der Waals surface area contributed by atoms with E-state index in [0.717, 1.165) is 0 Å². The normalized spacial score (nSPS) is 7.38. The molecule has 0 saturated carbocycles. The first kappa shape index (κ1) is 15.3. The molecule has 0 aromatic carbocycles. The first-order valence-corrected chi connectivity index (χ1v) is 8.49. The third-order valence-electron chi connectivity index (χ3n) is 0.556. The molecule has 0 bridgehead atoms. The van der Waals surface area contributed by atoms with Gasteiger partial charge < -0.3 is 0 Å². The van der Waals surface area contributed by atoms with E-state index in [1.807, 2.05) is 0 Å². The summed E-state index contributed by atoms with van der Waals surface area (Å²) in [6, 6.07) is 0. The molecule has 0 heterocycles. The Bertz CT molecular complexity index is 112. The second-order valence-corrected chi connectivity index (χ2v) is 7.86. The summed E-state index contributed by atoms with van der Waals surface area (Å²) in [5.74, 6) is 0. The molecule has 0 rings (SSSR count). The van der Waals surface area contributed by atoms with E-state index >= 15 is 0 Å². The Morgan fingerprint density at radius 1 is 0.538 bits per heavy atom. The molecule has 0 aromatic rings. The van der Waals surface area contributed by atoms with E-state index in [4.69, 9.17) is 8.52 Å². The minimum atomic E-state index is -1.19. The maximum atomic E-state index is 9.85. The maximum absolute atomic E-state index is 9.85. The fraction of sp³-hybridized carbons (Fsp3) is 0. The standard InChI is InChI=1S/6Al.7O. The molecule has 0 aliphatic carbocycles. The van der Waals surface area contributed by atoms with Crippen molar-refractivity contribution < 1.29 is 21.8 Å². The molecule has 13 heteroatoms. The van der Waals surface area contributed by atoms with Gasteiger partial charge in [0.1, 0.15) is 0 Å². The number of rotatable bonds is 10. The van der Waals surface area contributed by atoms with Gasteiger partial charge in [-0.3, -0.25) is 0 Å². The van der Waals surface area contributed by atoms with Gasteiger partial charge in [-0.05, 0) is 0 Å². The van der Waals surface area contributed by atoms with Crippen LogP contribution < -0.4 is 0 Å². The Kier molecular flexibility index (Phi) is 16.8. The fourth-order valence-corrected chi connectivity index (χ4v) is 4.48. The zero-order valence-electron chi connectivity index (χ0n) is 6.32. The van der Waals surface area contributed by atoms with E-state index in [0.29, 0.717) is 0 Å². The Hall–Kier alpha value is 2.27. The van der Waals surface area contributed by atoms with Crippen LogP contribution in [-0.4, -0.2) is 94.5 Å². The van der Waals surface area contributed by atoms with Gasteiger partial charge in [0.25, 0.3) is 0 Å². The van der Waals surface area contributed by atoms with Crippen molar-refractivity contribution in [3.63, 3.8) is 0 Å². The molecule has 0 aliphatic rings. The average molecular weight is 274 g/mol. The van der Waals surface area contributed by atoms with Crippen molar-refractivity contribution in [1.82, 2.24) is 0 Å². The predicted octanol–water partition coefficient (Wildman–Crippen LogP) is -2.86. The molecule has 60 valence electrons. The van der Waals surface area contributed by atoms with Crippen molar-refractivity contribution in [2.24, 2.45) is 0 Å². The van der Waals surface area contributed by atoms with Crippen molar-refractivity contribution in [3.05, 3.63) is 0 Å². The molecule has 0 amide bonds. The van der Waals surface area contributed by atoms with Crippen molar-refractivity contribution in [3.8, 4) is 0 Å². The van der Waals surface area contributed by atoms with Gasteiger partial charge >= 0.3 is 116 Å². The Balaban J connectivity index is 2.83. The second-order valence-electron chi connectivity index (χ2n) is 1.26. The fourth-order valence-electron chi connectivity index (χ4n) is 0.242. The minimum absolute atomic E-state index is 0.610. The Labute approximate surface area is 115 Å². The van der Waals surface area contributed by atoms with Crippen molar-refractivity contribution >= 4 is 94.5 Å². The van der Waals surface area contributed by atoms with Gasteiger partial charge in [0.15, 0.2) is 0 Å². The van der Waals surface area contributed by atoms with Crippen molar-refractivity contribution in [2.45, 2.75) is 0 Å². The Morgan fingerprint density at radius 3 is 1.15 bits per heavy atom. The Morgan fingerprint density at radius 2 is 0.846 bits per heavy atom.